The van der Waals surface area contributed by atoms with E-state index in [0.717, 1.165) is 12.2 Å². The minimum atomic E-state index is -0.359. The number of aliphatic hydroxyl groups excluding tert-OH is 1. The molecule has 0 aliphatic carbocycles. The van der Waals surface area contributed by atoms with Gasteiger partial charge in [0.05, 0.1) is 6.10 Å². The largest absolute Gasteiger partial charge is 0.392 e. The summed E-state index contributed by atoms with van der Waals surface area (Å²) in [6.07, 6.45) is 1.54. The molecule has 0 saturated heterocycles. The lowest BCUT2D eigenvalue weighted by Gasteiger charge is -2.29. The summed E-state index contributed by atoms with van der Waals surface area (Å²) in [6.45, 7) is 6.52. The van der Waals surface area contributed by atoms with E-state index >= 15 is 0 Å². The maximum Gasteiger partial charge on any atom is 0.0688 e. The average Bonchev–Trinajstić information content (AvgIpc) is 2.52. The van der Waals surface area contributed by atoms with Crippen LogP contribution in [0.2, 0.25) is 0 Å². The Labute approximate surface area is 79.2 Å². The fourth-order valence-electron chi connectivity index (χ4n) is 0.948. The molecule has 1 rings (SSSR count). The molecule has 0 saturated carbocycles. The Kier molecular flexibility index (Phi) is 3.12. The quantitative estimate of drug-likeness (QED) is 0.656. The van der Waals surface area contributed by atoms with E-state index in [1.165, 1.54) is 0 Å². The molecule has 0 aliphatic heterocycles. The Morgan fingerprint density at radius 3 is 2.77 bits per heavy atom. The van der Waals surface area contributed by atoms with Crippen molar-refractivity contribution in [2.24, 2.45) is 0 Å². The summed E-state index contributed by atoms with van der Waals surface area (Å²) in [4.78, 5) is 3.10. The van der Waals surface area contributed by atoms with Gasteiger partial charge >= 0.3 is 0 Å². The molecule has 3 nitrogen and oxygen atoms in total. The van der Waals surface area contributed by atoms with Gasteiger partial charge in [0.15, 0.2) is 0 Å². The fourth-order valence-corrected chi connectivity index (χ4v) is 0.948. The number of hydrogen-bond acceptors (Lipinski definition) is 2. The highest BCUT2D eigenvalue weighted by molar-refractivity contribution is 5.04. The third kappa shape index (κ3) is 2.86. The zero-order valence-electron chi connectivity index (χ0n) is 8.46. The van der Waals surface area contributed by atoms with Gasteiger partial charge in [-0.25, -0.2) is 0 Å². The monoisotopic (exact) mass is 182 g/mol. The predicted molar refractivity (Wildman–Crippen MR) is 53.4 cm³/mol. The van der Waals surface area contributed by atoms with Gasteiger partial charge in [-0.3, -0.25) is 0 Å². The second kappa shape index (κ2) is 3.94. The smallest absolute Gasteiger partial charge is 0.0688 e. The van der Waals surface area contributed by atoms with Gasteiger partial charge in [-0.15, -0.1) is 0 Å². The molecule has 0 aromatic carbocycles. The van der Waals surface area contributed by atoms with Crippen LogP contribution < -0.4 is 5.32 Å². The first kappa shape index (κ1) is 10.3. The van der Waals surface area contributed by atoms with Crippen molar-refractivity contribution < 1.29 is 5.11 Å². The Bertz CT molecular complexity index is 239. The van der Waals surface area contributed by atoms with Crippen LogP contribution in [0.15, 0.2) is 18.3 Å². The minimum absolute atomic E-state index is 0.245. The van der Waals surface area contributed by atoms with Gasteiger partial charge < -0.3 is 15.4 Å². The second-order valence-corrected chi connectivity index (χ2v) is 3.95. The zero-order valence-corrected chi connectivity index (χ0v) is 8.46. The highest BCUT2D eigenvalue weighted by atomic mass is 16.3. The summed E-state index contributed by atoms with van der Waals surface area (Å²) in [7, 11) is 0. The van der Waals surface area contributed by atoms with E-state index in [9.17, 15) is 5.11 Å². The molecule has 1 aromatic heterocycles. The maximum absolute atomic E-state index is 9.44. The number of hydrogen-bond donors (Lipinski definition) is 3. The molecule has 3 N–H and O–H groups in total. The molecule has 0 fully saturated rings. The van der Waals surface area contributed by atoms with E-state index in [0.29, 0.717) is 0 Å². The van der Waals surface area contributed by atoms with Crippen LogP contribution >= 0.6 is 0 Å². The van der Waals surface area contributed by atoms with Crippen molar-refractivity contribution in [1.82, 2.24) is 10.3 Å². The van der Waals surface area contributed by atoms with E-state index in [-0.39, 0.29) is 11.6 Å². The number of aliphatic hydroxyl groups is 1. The van der Waals surface area contributed by atoms with Crippen molar-refractivity contribution in [3.05, 3.63) is 24.0 Å². The van der Waals surface area contributed by atoms with E-state index in [1.807, 2.05) is 32.2 Å². The van der Waals surface area contributed by atoms with Gasteiger partial charge in [0.2, 0.25) is 0 Å². The van der Waals surface area contributed by atoms with E-state index in [2.05, 4.69) is 10.3 Å². The van der Waals surface area contributed by atoms with Gasteiger partial charge in [-0.2, -0.15) is 0 Å². The molecule has 1 unspecified atom stereocenters. The van der Waals surface area contributed by atoms with Crippen molar-refractivity contribution in [1.29, 1.82) is 0 Å². The molecule has 1 heterocycles. The highest BCUT2D eigenvalue weighted by Crippen LogP contribution is 2.09. The molecule has 3 heteroatoms. The number of nitrogens with one attached hydrogen (secondary N) is 2. The Balaban J connectivity index is 2.42. The first-order valence-corrected chi connectivity index (χ1v) is 4.58. The number of H-pyrrole nitrogens is 1. The molecule has 0 radical (unpaired) electrons. The summed E-state index contributed by atoms with van der Waals surface area (Å²) in [5.41, 5.74) is 0.888. The van der Waals surface area contributed by atoms with Gasteiger partial charge in [0.1, 0.15) is 0 Å². The summed E-state index contributed by atoms with van der Waals surface area (Å²) in [5.74, 6) is 0. The highest BCUT2D eigenvalue weighted by Gasteiger charge is 2.22. The molecule has 13 heavy (non-hydrogen) atoms. The summed E-state index contributed by atoms with van der Waals surface area (Å²) < 4.78 is 0. The Morgan fingerprint density at radius 1 is 1.62 bits per heavy atom. The van der Waals surface area contributed by atoms with Gasteiger partial charge in [0, 0.05) is 24.0 Å². The number of aromatic nitrogens is 1. The molecule has 0 aliphatic rings. The van der Waals surface area contributed by atoms with Crippen LogP contribution in [-0.2, 0) is 6.54 Å². The Hall–Kier alpha value is -0.800. The SMILES string of the molecule is CC(O)C(C)(C)NCc1ccc[nH]1. The third-order valence-electron chi connectivity index (χ3n) is 2.44. The van der Waals surface area contributed by atoms with Crippen LogP contribution in [0.4, 0.5) is 0 Å². The molecule has 1 aromatic rings. The lowest BCUT2D eigenvalue weighted by Crippen LogP contribution is -2.47. The van der Waals surface area contributed by atoms with Crippen LogP contribution in [-0.4, -0.2) is 21.7 Å². The van der Waals surface area contributed by atoms with Crippen LogP contribution in [0.3, 0.4) is 0 Å². The van der Waals surface area contributed by atoms with Crippen LogP contribution in [0, 0.1) is 0 Å². The zero-order chi connectivity index (χ0) is 9.90. The molecule has 1 atom stereocenters. The lowest BCUT2D eigenvalue weighted by atomic mass is 9.99. The van der Waals surface area contributed by atoms with Gasteiger partial charge in [-0.05, 0) is 32.9 Å². The standard InChI is InChI=1S/C10H18N2O/c1-8(13)10(2,3)12-7-9-5-4-6-11-9/h4-6,8,11-13H,7H2,1-3H3. The molecular formula is C10H18N2O. The first-order valence-electron chi connectivity index (χ1n) is 4.58. The third-order valence-corrected chi connectivity index (χ3v) is 2.44. The normalized spacial score (nSPS) is 14.5. The lowest BCUT2D eigenvalue weighted by molar-refractivity contribution is 0.0954. The molecule has 74 valence electrons. The van der Waals surface area contributed by atoms with E-state index < -0.39 is 0 Å². The second-order valence-electron chi connectivity index (χ2n) is 3.95. The predicted octanol–water partition coefficient (Wildman–Crippen LogP) is 1.26. The van der Waals surface area contributed by atoms with Crippen molar-refractivity contribution in [2.75, 3.05) is 0 Å². The van der Waals surface area contributed by atoms with Crippen molar-refractivity contribution >= 4 is 0 Å². The topological polar surface area (TPSA) is 48.0 Å². The molecule has 0 bridgehead atoms. The number of aromatic amines is 1. The molecule has 0 amide bonds. The van der Waals surface area contributed by atoms with Crippen molar-refractivity contribution in [2.45, 2.75) is 39.0 Å². The van der Waals surface area contributed by atoms with E-state index in [4.69, 9.17) is 0 Å². The average molecular weight is 182 g/mol. The van der Waals surface area contributed by atoms with Gasteiger partial charge in [-0.1, -0.05) is 0 Å². The maximum atomic E-state index is 9.44. The van der Waals surface area contributed by atoms with Gasteiger partial charge in [0.25, 0.3) is 0 Å². The van der Waals surface area contributed by atoms with Crippen LogP contribution in [0.1, 0.15) is 26.5 Å². The molecular weight excluding hydrogens is 164 g/mol. The summed E-state index contributed by atoms with van der Waals surface area (Å²) >= 11 is 0. The van der Waals surface area contributed by atoms with Crippen molar-refractivity contribution in [3.8, 4) is 0 Å². The first-order chi connectivity index (χ1) is 6.02. The van der Waals surface area contributed by atoms with Crippen molar-refractivity contribution in [3.63, 3.8) is 0 Å². The summed E-state index contributed by atoms with van der Waals surface area (Å²) in [5, 5.41) is 12.7. The number of rotatable bonds is 4. The molecule has 0 spiro atoms. The van der Waals surface area contributed by atoms with E-state index in [1.54, 1.807) is 6.92 Å². The Morgan fingerprint density at radius 2 is 2.31 bits per heavy atom. The summed E-state index contributed by atoms with van der Waals surface area (Å²) in [6, 6.07) is 3.98. The minimum Gasteiger partial charge on any atom is -0.392 e. The van der Waals surface area contributed by atoms with Crippen LogP contribution in [0.25, 0.3) is 0 Å². The van der Waals surface area contributed by atoms with Crippen LogP contribution in [0.5, 0.6) is 0 Å². The fraction of sp³-hybridized carbons (Fsp3) is 0.600.